The van der Waals surface area contributed by atoms with Gasteiger partial charge in [0, 0.05) is 30.4 Å². The molecule has 0 aliphatic rings. The molecule has 2 nitrogen and oxygen atoms in total. The van der Waals surface area contributed by atoms with Crippen LogP contribution in [-0.4, -0.2) is 38.1 Å². The fourth-order valence-electron chi connectivity index (χ4n) is 1.89. The number of alkyl halides is 3. The number of rotatable bonds is 9. The van der Waals surface area contributed by atoms with Gasteiger partial charge < -0.3 is 10.1 Å². The molecule has 1 aromatic rings. The molecule has 1 aromatic carbocycles. The molecule has 21 heavy (non-hydrogen) atoms. The molecule has 0 amide bonds. The monoisotopic (exact) mass is 385 g/mol. The van der Waals surface area contributed by atoms with Gasteiger partial charge in [-0.2, -0.15) is 13.2 Å². The predicted molar refractivity (Wildman–Crippen MR) is 84.8 cm³/mol. The fraction of sp³-hybridized carbons (Fsp3) is 0.571. The van der Waals surface area contributed by atoms with E-state index in [9.17, 15) is 13.2 Å². The first-order valence-electron chi connectivity index (χ1n) is 6.58. The third-order valence-electron chi connectivity index (χ3n) is 2.95. The summed E-state index contributed by atoms with van der Waals surface area (Å²) < 4.78 is 42.6. The molecule has 0 fully saturated rings. The average molecular weight is 386 g/mol. The number of benzene rings is 1. The van der Waals surface area contributed by atoms with Crippen LogP contribution in [0.5, 0.6) is 0 Å². The maximum Gasteiger partial charge on any atom is 0.441 e. The van der Waals surface area contributed by atoms with E-state index in [4.69, 9.17) is 4.74 Å². The highest BCUT2D eigenvalue weighted by molar-refractivity contribution is 9.10. The van der Waals surface area contributed by atoms with Crippen molar-refractivity contribution < 1.29 is 17.9 Å². The van der Waals surface area contributed by atoms with Gasteiger partial charge in [0.05, 0.1) is 6.61 Å². The Morgan fingerprint density at radius 3 is 2.52 bits per heavy atom. The molecular formula is C14H19BrF3NOS. The van der Waals surface area contributed by atoms with Crippen LogP contribution in [0.15, 0.2) is 28.7 Å². The van der Waals surface area contributed by atoms with Crippen LogP contribution >= 0.6 is 27.7 Å². The quantitative estimate of drug-likeness (QED) is 0.636. The summed E-state index contributed by atoms with van der Waals surface area (Å²) >= 11 is 3.40. The Balaban J connectivity index is 2.54. The van der Waals surface area contributed by atoms with E-state index < -0.39 is 5.51 Å². The van der Waals surface area contributed by atoms with Gasteiger partial charge in [0.15, 0.2) is 0 Å². The van der Waals surface area contributed by atoms with Crippen LogP contribution in [0.3, 0.4) is 0 Å². The molecular weight excluding hydrogens is 367 g/mol. The molecule has 0 saturated carbocycles. The van der Waals surface area contributed by atoms with Crippen molar-refractivity contribution in [2.45, 2.75) is 17.8 Å². The number of ether oxygens (including phenoxy) is 1. The average Bonchev–Trinajstić information content (AvgIpc) is 2.41. The van der Waals surface area contributed by atoms with Crippen molar-refractivity contribution in [1.29, 1.82) is 0 Å². The number of methoxy groups -OCH3 is 1. The zero-order chi connectivity index (χ0) is 15.7. The SMILES string of the molecule is COCCNCC(CCSC(F)(F)F)c1ccc(Br)cc1. The minimum absolute atomic E-state index is 0.0417. The van der Waals surface area contributed by atoms with Crippen molar-refractivity contribution in [1.82, 2.24) is 5.32 Å². The molecule has 0 spiro atoms. The normalized spacial score (nSPS) is 13.4. The number of hydrogen-bond donors (Lipinski definition) is 1. The Morgan fingerprint density at radius 1 is 1.29 bits per heavy atom. The van der Waals surface area contributed by atoms with Crippen LogP contribution in [0.4, 0.5) is 13.2 Å². The van der Waals surface area contributed by atoms with Crippen molar-refractivity contribution in [2.24, 2.45) is 0 Å². The van der Waals surface area contributed by atoms with Gasteiger partial charge in [-0.25, -0.2) is 0 Å². The Labute approximate surface area is 136 Å². The summed E-state index contributed by atoms with van der Waals surface area (Å²) in [4.78, 5) is 0. The van der Waals surface area contributed by atoms with Crippen molar-refractivity contribution in [3.05, 3.63) is 34.3 Å². The fourth-order valence-corrected chi connectivity index (χ4v) is 2.79. The highest BCUT2D eigenvalue weighted by Crippen LogP contribution is 2.33. The van der Waals surface area contributed by atoms with E-state index in [2.05, 4.69) is 21.2 Å². The minimum Gasteiger partial charge on any atom is -0.383 e. The molecule has 0 saturated heterocycles. The lowest BCUT2D eigenvalue weighted by molar-refractivity contribution is -0.0328. The molecule has 0 radical (unpaired) electrons. The van der Waals surface area contributed by atoms with Gasteiger partial charge in [0.2, 0.25) is 0 Å². The van der Waals surface area contributed by atoms with Crippen molar-refractivity contribution in [3.63, 3.8) is 0 Å². The Kier molecular flexibility index (Phi) is 8.70. The van der Waals surface area contributed by atoms with Gasteiger partial charge in [-0.15, -0.1) is 0 Å². The maximum absolute atomic E-state index is 12.2. The van der Waals surface area contributed by atoms with Crippen molar-refractivity contribution in [2.75, 3.05) is 32.6 Å². The van der Waals surface area contributed by atoms with E-state index in [0.717, 1.165) is 10.0 Å². The first-order chi connectivity index (χ1) is 9.92. The van der Waals surface area contributed by atoms with E-state index in [1.807, 2.05) is 24.3 Å². The highest BCUT2D eigenvalue weighted by Gasteiger charge is 2.28. The number of hydrogen-bond acceptors (Lipinski definition) is 3. The van der Waals surface area contributed by atoms with E-state index >= 15 is 0 Å². The lowest BCUT2D eigenvalue weighted by Gasteiger charge is -2.18. The third kappa shape index (κ3) is 8.70. The van der Waals surface area contributed by atoms with Crippen LogP contribution in [0, 0.1) is 0 Å². The summed E-state index contributed by atoms with van der Waals surface area (Å²) in [6.45, 7) is 1.92. The molecule has 1 rings (SSSR count). The van der Waals surface area contributed by atoms with E-state index in [1.165, 1.54) is 0 Å². The van der Waals surface area contributed by atoms with E-state index in [0.29, 0.717) is 26.1 Å². The van der Waals surface area contributed by atoms with Crippen LogP contribution in [0.2, 0.25) is 0 Å². The largest absolute Gasteiger partial charge is 0.441 e. The number of thioether (sulfide) groups is 1. The van der Waals surface area contributed by atoms with Gasteiger partial charge in [-0.05, 0) is 30.0 Å². The molecule has 1 atom stereocenters. The Morgan fingerprint density at radius 2 is 1.95 bits per heavy atom. The summed E-state index contributed by atoms with van der Waals surface area (Å²) in [6, 6.07) is 7.72. The molecule has 1 unspecified atom stereocenters. The molecule has 1 N–H and O–H groups in total. The first-order valence-corrected chi connectivity index (χ1v) is 8.36. The van der Waals surface area contributed by atoms with Crippen LogP contribution in [0.25, 0.3) is 0 Å². The van der Waals surface area contributed by atoms with Crippen LogP contribution in [-0.2, 0) is 4.74 Å². The second-order valence-corrected chi connectivity index (χ2v) is 6.60. The lowest BCUT2D eigenvalue weighted by Crippen LogP contribution is -2.25. The van der Waals surface area contributed by atoms with Crippen LogP contribution in [0.1, 0.15) is 17.9 Å². The summed E-state index contributed by atoms with van der Waals surface area (Å²) in [7, 11) is 1.62. The molecule has 120 valence electrons. The van der Waals surface area contributed by atoms with Gasteiger partial charge in [-0.3, -0.25) is 0 Å². The number of nitrogens with one attached hydrogen (secondary N) is 1. The molecule has 0 aliphatic carbocycles. The Hall–Kier alpha value is -0.240. The summed E-state index contributed by atoms with van der Waals surface area (Å²) in [5.74, 6) is 0.126. The Bertz CT molecular complexity index is 400. The first kappa shape index (κ1) is 18.8. The van der Waals surface area contributed by atoms with Crippen molar-refractivity contribution in [3.8, 4) is 0 Å². The maximum atomic E-state index is 12.2. The van der Waals surface area contributed by atoms with Gasteiger partial charge in [-0.1, -0.05) is 39.8 Å². The smallest absolute Gasteiger partial charge is 0.383 e. The molecule has 0 bridgehead atoms. The van der Waals surface area contributed by atoms with Crippen LogP contribution < -0.4 is 5.32 Å². The zero-order valence-corrected chi connectivity index (χ0v) is 14.2. The standard InChI is InChI=1S/C14H19BrF3NOS/c1-20-8-7-19-10-12(6-9-21-14(16,17)18)11-2-4-13(15)5-3-11/h2-5,12,19H,6-10H2,1H3. The van der Waals surface area contributed by atoms with E-state index in [1.54, 1.807) is 7.11 Å². The predicted octanol–water partition coefficient (Wildman–Crippen LogP) is 4.41. The topological polar surface area (TPSA) is 21.3 Å². The lowest BCUT2D eigenvalue weighted by atomic mass is 9.96. The van der Waals surface area contributed by atoms with Crippen molar-refractivity contribution >= 4 is 27.7 Å². The van der Waals surface area contributed by atoms with E-state index in [-0.39, 0.29) is 23.4 Å². The second-order valence-electron chi connectivity index (χ2n) is 4.53. The van der Waals surface area contributed by atoms with Gasteiger partial charge in [0.1, 0.15) is 0 Å². The molecule has 0 aliphatic heterocycles. The summed E-state index contributed by atoms with van der Waals surface area (Å²) in [6.07, 6.45) is 0.478. The molecule has 0 aromatic heterocycles. The van der Waals surface area contributed by atoms with Gasteiger partial charge >= 0.3 is 5.51 Å². The zero-order valence-electron chi connectivity index (χ0n) is 11.8. The summed E-state index contributed by atoms with van der Waals surface area (Å²) in [5, 5.41) is 3.22. The second kappa shape index (κ2) is 9.71. The minimum atomic E-state index is -4.16. The molecule has 7 heteroatoms. The summed E-state index contributed by atoms with van der Waals surface area (Å²) in [5.41, 5.74) is -3.11. The highest BCUT2D eigenvalue weighted by atomic mass is 79.9. The van der Waals surface area contributed by atoms with Gasteiger partial charge in [0.25, 0.3) is 0 Å². The molecule has 0 heterocycles. The third-order valence-corrected chi connectivity index (χ3v) is 4.24. The number of halogens is 4.